The van der Waals surface area contributed by atoms with Crippen LogP contribution < -0.4 is 0 Å². The second-order valence-corrected chi connectivity index (χ2v) is 8.19. The number of rotatable bonds is 3. The number of aromatic nitrogens is 5. The molecule has 3 aromatic heterocycles. The average molecular weight is 407 g/mol. The number of fused-ring (bicyclic) bond motifs is 2. The normalized spacial score (nSPS) is 12.7. The van der Waals surface area contributed by atoms with Gasteiger partial charge in [0, 0.05) is 5.39 Å². The van der Waals surface area contributed by atoms with E-state index in [1.807, 2.05) is 0 Å². The lowest BCUT2D eigenvalue weighted by Gasteiger charge is -2.08. The largest absolute Gasteiger partial charge is 0.434 e. The minimum Gasteiger partial charge on any atom is -0.246 e. The number of hydrogen-bond acceptors (Lipinski definition) is 6. The van der Waals surface area contributed by atoms with E-state index in [2.05, 4.69) is 20.1 Å². The van der Waals surface area contributed by atoms with Crippen LogP contribution in [0.15, 0.2) is 47.6 Å². The third kappa shape index (κ3) is 3.07. The number of pyridine rings is 1. The quantitative estimate of drug-likeness (QED) is 0.518. The van der Waals surface area contributed by atoms with Gasteiger partial charge in [-0.25, -0.2) is 27.9 Å². The number of sulfone groups is 1. The first-order valence-corrected chi connectivity index (χ1v) is 9.77. The topological polar surface area (TPSA) is 90.1 Å². The van der Waals surface area contributed by atoms with Crippen LogP contribution in [0.3, 0.4) is 0 Å². The number of para-hydroxylation sites is 1. The monoisotopic (exact) mass is 407 g/mol. The molecule has 0 unspecified atom stereocenters. The van der Waals surface area contributed by atoms with Crippen LogP contribution in [-0.2, 0) is 16.0 Å². The second-order valence-electron chi connectivity index (χ2n) is 5.94. The Kier molecular flexibility index (Phi) is 4.07. The molecule has 1 aromatic carbocycles. The maximum atomic E-state index is 12.9. The van der Waals surface area contributed by atoms with Gasteiger partial charge < -0.3 is 0 Å². The zero-order chi connectivity index (χ0) is 20.1. The molecule has 0 fully saturated rings. The Balaban J connectivity index is 1.98. The maximum absolute atomic E-state index is 12.9. The standard InChI is InChI=1S/C17H12F3N5O2S/c1-2-28(26,27)12-7-10-5-3-4-6-11(10)22-15(12)16-23-14-8-21-13(17(18,19)20)9-25(14)24-16/h3-9H,2H2,1H3. The predicted octanol–water partition coefficient (Wildman–Crippen LogP) is 3.15. The van der Waals surface area contributed by atoms with E-state index in [1.165, 1.54) is 13.0 Å². The van der Waals surface area contributed by atoms with Gasteiger partial charge in [0.15, 0.2) is 21.2 Å². The number of hydrogen-bond donors (Lipinski definition) is 0. The van der Waals surface area contributed by atoms with Crippen molar-refractivity contribution in [2.45, 2.75) is 18.0 Å². The van der Waals surface area contributed by atoms with E-state index >= 15 is 0 Å². The lowest BCUT2D eigenvalue weighted by atomic mass is 10.2. The molecule has 0 aliphatic rings. The van der Waals surface area contributed by atoms with Crippen LogP contribution >= 0.6 is 0 Å². The number of benzene rings is 1. The lowest BCUT2D eigenvalue weighted by molar-refractivity contribution is -0.141. The molecule has 3 heterocycles. The summed E-state index contributed by atoms with van der Waals surface area (Å²) in [5.41, 5.74) is -0.597. The van der Waals surface area contributed by atoms with E-state index in [9.17, 15) is 21.6 Å². The summed E-state index contributed by atoms with van der Waals surface area (Å²) >= 11 is 0. The Bertz CT molecular complexity index is 1320. The molecule has 7 nitrogen and oxygen atoms in total. The first-order valence-electron chi connectivity index (χ1n) is 8.11. The zero-order valence-electron chi connectivity index (χ0n) is 14.3. The molecule has 0 atom stereocenters. The van der Waals surface area contributed by atoms with Gasteiger partial charge in [-0.05, 0) is 12.1 Å². The summed E-state index contributed by atoms with van der Waals surface area (Å²) in [6.07, 6.45) is -3.02. The molecule has 0 spiro atoms. The summed E-state index contributed by atoms with van der Waals surface area (Å²) < 4.78 is 64.7. The van der Waals surface area contributed by atoms with Gasteiger partial charge >= 0.3 is 6.18 Å². The molecule has 144 valence electrons. The van der Waals surface area contributed by atoms with Crippen molar-refractivity contribution in [2.75, 3.05) is 5.75 Å². The number of alkyl halides is 3. The summed E-state index contributed by atoms with van der Waals surface area (Å²) in [5.74, 6) is -0.272. The van der Waals surface area contributed by atoms with Crippen molar-refractivity contribution in [3.05, 3.63) is 48.4 Å². The average Bonchev–Trinajstić information content (AvgIpc) is 3.09. The summed E-state index contributed by atoms with van der Waals surface area (Å²) in [4.78, 5) is 11.7. The Morgan fingerprint density at radius 3 is 2.61 bits per heavy atom. The molecule has 28 heavy (non-hydrogen) atoms. The highest BCUT2D eigenvalue weighted by Gasteiger charge is 2.33. The molecule has 0 N–H and O–H groups in total. The van der Waals surface area contributed by atoms with Gasteiger partial charge in [-0.3, -0.25) is 0 Å². The summed E-state index contributed by atoms with van der Waals surface area (Å²) in [5, 5.41) is 4.62. The molecule has 0 aliphatic carbocycles. The van der Waals surface area contributed by atoms with Crippen molar-refractivity contribution in [2.24, 2.45) is 0 Å². The summed E-state index contributed by atoms with van der Waals surface area (Å²) in [6.45, 7) is 1.49. The van der Waals surface area contributed by atoms with E-state index in [4.69, 9.17) is 0 Å². The van der Waals surface area contributed by atoms with Gasteiger partial charge in [0.05, 0.1) is 28.6 Å². The molecule has 0 bridgehead atoms. The SMILES string of the molecule is CCS(=O)(=O)c1cc2ccccc2nc1-c1nc2cnc(C(F)(F)F)cn2n1. The fourth-order valence-electron chi connectivity index (χ4n) is 2.69. The fourth-order valence-corrected chi connectivity index (χ4v) is 3.74. The molecule has 0 amide bonds. The van der Waals surface area contributed by atoms with Gasteiger partial charge in [-0.2, -0.15) is 13.2 Å². The molecule has 4 rings (SSSR count). The zero-order valence-corrected chi connectivity index (χ0v) is 15.2. The Hall–Kier alpha value is -3.08. The molecular formula is C17H12F3N5O2S. The predicted molar refractivity (Wildman–Crippen MR) is 94.2 cm³/mol. The smallest absolute Gasteiger partial charge is 0.246 e. The van der Waals surface area contributed by atoms with Gasteiger partial charge in [-0.15, -0.1) is 5.10 Å². The van der Waals surface area contributed by atoms with E-state index < -0.39 is 21.7 Å². The van der Waals surface area contributed by atoms with E-state index in [1.54, 1.807) is 24.3 Å². The highest BCUT2D eigenvalue weighted by Crippen LogP contribution is 2.30. The lowest BCUT2D eigenvalue weighted by Crippen LogP contribution is -2.09. The number of halogens is 3. The van der Waals surface area contributed by atoms with Crippen LogP contribution in [0.25, 0.3) is 28.1 Å². The van der Waals surface area contributed by atoms with Gasteiger partial charge in [0.25, 0.3) is 0 Å². The van der Waals surface area contributed by atoms with Crippen LogP contribution in [0.4, 0.5) is 13.2 Å². The van der Waals surface area contributed by atoms with Crippen molar-refractivity contribution in [1.82, 2.24) is 24.6 Å². The maximum Gasteiger partial charge on any atom is 0.434 e. The van der Waals surface area contributed by atoms with Crippen LogP contribution in [-0.4, -0.2) is 38.7 Å². The summed E-state index contributed by atoms with van der Waals surface area (Å²) in [7, 11) is -3.68. The molecule has 0 aliphatic heterocycles. The molecule has 0 saturated carbocycles. The molecule has 0 radical (unpaired) electrons. The van der Waals surface area contributed by atoms with Crippen molar-refractivity contribution in [3.63, 3.8) is 0 Å². The molecule has 4 aromatic rings. The van der Waals surface area contributed by atoms with Gasteiger partial charge in [0.2, 0.25) is 5.82 Å². The molecule has 11 heteroatoms. The van der Waals surface area contributed by atoms with Gasteiger partial charge in [0.1, 0.15) is 5.69 Å². The van der Waals surface area contributed by atoms with Crippen molar-refractivity contribution in [3.8, 4) is 11.5 Å². The molecular weight excluding hydrogens is 395 g/mol. The third-order valence-electron chi connectivity index (χ3n) is 4.13. The van der Waals surface area contributed by atoms with Crippen LogP contribution in [0, 0.1) is 0 Å². The van der Waals surface area contributed by atoms with Crippen LogP contribution in [0.5, 0.6) is 0 Å². The van der Waals surface area contributed by atoms with Crippen LogP contribution in [0.2, 0.25) is 0 Å². The Morgan fingerprint density at radius 2 is 1.89 bits per heavy atom. The first-order chi connectivity index (χ1) is 13.2. The highest BCUT2D eigenvalue weighted by molar-refractivity contribution is 7.91. The van der Waals surface area contributed by atoms with E-state index in [0.29, 0.717) is 17.1 Å². The second kappa shape index (κ2) is 6.23. The van der Waals surface area contributed by atoms with Crippen molar-refractivity contribution >= 4 is 26.4 Å². The Morgan fingerprint density at radius 1 is 1.14 bits per heavy atom. The van der Waals surface area contributed by atoms with Crippen molar-refractivity contribution in [1.29, 1.82) is 0 Å². The van der Waals surface area contributed by atoms with Gasteiger partial charge in [-0.1, -0.05) is 25.1 Å². The fraction of sp³-hybridized carbons (Fsp3) is 0.176. The number of nitrogens with zero attached hydrogens (tertiary/aromatic N) is 5. The van der Waals surface area contributed by atoms with Crippen molar-refractivity contribution < 1.29 is 21.6 Å². The molecule has 0 saturated heterocycles. The third-order valence-corrected chi connectivity index (χ3v) is 5.87. The minimum absolute atomic E-state index is 0.0159. The van der Waals surface area contributed by atoms with E-state index in [0.717, 1.165) is 10.7 Å². The van der Waals surface area contributed by atoms with Crippen LogP contribution in [0.1, 0.15) is 12.6 Å². The Labute approximate surface area is 156 Å². The highest BCUT2D eigenvalue weighted by atomic mass is 32.2. The van der Waals surface area contributed by atoms with E-state index in [-0.39, 0.29) is 27.8 Å². The first kappa shape index (κ1) is 18.3. The minimum atomic E-state index is -4.64. The summed E-state index contributed by atoms with van der Waals surface area (Å²) in [6, 6.07) is 8.38.